The molecular formula is C26H40O6. The van der Waals surface area contributed by atoms with Crippen molar-refractivity contribution in [2.75, 3.05) is 13.7 Å². The minimum Gasteiger partial charge on any atom is -0.469 e. The summed E-state index contributed by atoms with van der Waals surface area (Å²) in [6.07, 6.45) is 14.3. The Morgan fingerprint density at radius 1 is 1.28 bits per heavy atom. The molecule has 1 aliphatic carbocycles. The van der Waals surface area contributed by atoms with E-state index >= 15 is 0 Å². The molecule has 0 aromatic carbocycles. The van der Waals surface area contributed by atoms with Crippen LogP contribution in [0.1, 0.15) is 94.1 Å². The quantitative estimate of drug-likeness (QED) is 0.253. The van der Waals surface area contributed by atoms with Crippen LogP contribution >= 0.6 is 0 Å². The first kappa shape index (κ1) is 25.0. The van der Waals surface area contributed by atoms with E-state index in [0.717, 1.165) is 94.3 Å². The van der Waals surface area contributed by atoms with Crippen LogP contribution in [0.4, 0.5) is 0 Å². The van der Waals surface area contributed by atoms with Gasteiger partial charge in [0.2, 0.25) is 0 Å². The molecule has 32 heavy (non-hydrogen) atoms. The van der Waals surface area contributed by atoms with E-state index < -0.39 is 6.10 Å². The molecule has 4 atom stereocenters. The second-order valence-corrected chi connectivity index (χ2v) is 9.02. The normalized spacial score (nSPS) is 24.0. The van der Waals surface area contributed by atoms with E-state index in [4.69, 9.17) is 18.6 Å². The number of aryl methyl sites for hydroxylation is 1. The fourth-order valence-corrected chi connectivity index (χ4v) is 4.57. The summed E-state index contributed by atoms with van der Waals surface area (Å²) >= 11 is 0. The Kier molecular flexibility index (Phi) is 10.3. The third-order valence-corrected chi connectivity index (χ3v) is 6.43. The lowest BCUT2D eigenvalue weighted by atomic mass is 9.98. The molecule has 0 amide bonds. The zero-order valence-corrected chi connectivity index (χ0v) is 19.7. The summed E-state index contributed by atoms with van der Waals surface area (Å²) in [4.78, 5) is 11.3. The van der Waals surface area contributed by atoms with Gasteiger partial charge in [0.1, 0.15) is 11.5 Å². The largest absolute Gasteiger partial charge is 0.469 e. The topological polar surface area (TPSA) is 78.1 Å². The Bertz CT molecular complexity index is 718. The van der Waals surface area contributed by atoms with E-state index in [2.05, 4.69) is 19.1 Å². The van der Waals surface area contributed by atoms with Gasteiger partial charge in [0.25, 0.3) is 0 Å². The molecule has 0 saturated carbocycles. The average molecular weight is 449 g/mol. The Morgan fingerprint density at radius 2 is 2.16 bits per heavy atom. The molecule has 1 fully saturated rings. The minimum atomic E-state index is -0.429. The number of rotatable bonds is 13. The van der Waals surface area contributed by atoms with Gasteiger partial charge in [-0.15, -0.1) is 0 Å². The van der Waals surface area contributed by atoms with Crippen molar-refractivity contribution in [1.29, 1.82) is 0 Å². The van der Waals surface area contributed by atoms with Gasteiger partial charge in [0, 0.05) is 37.4 Å². The van der Waals surface area contributed by atoms with Crippen molar-refractivity contribution in [2.24, 2.45) is 0 Å². The van der Waals surface area contributed by atoms with Gasteiger partial charge >= 0.3 is 5.97 Å². The standard InChI is InChI=1S/C26H40O6/c1-3-4-5-10-19(27)14-15-21-22-17-20(11-6-7-12-25(28)29-2)31-24(22)18-23(21)32-26-13-8-9-16-30-26/h14-15,17,19,21,23,26-27H,3-13,16,18H2,1-2H3/b15-14+/t19-,21-,23-,26?/m1/s1. The highest BCUT2D eigenvalue weighted by Gasteiger charge is 2.37. The van der Waals surface area contributed by atoms with Gasteiger partial charge in [-0.3, -0.25) is 4.79 Å². The molecule has 2 heterocycles. The smallest absolute Gasteiger partial charge is 0.305 e. The first-order valence-corrected chi connectivity index (χ1v) is 12.4. The van der Waals surface area contributed by atoms with Crippen LogP contribution in [0.25, 0.3) is 0 Å². The number of unbranched alkanes of at least 4 members (excludes halogenated alkanes) is 3. The maximum absolute atomic E-state index is 11.3. The maximum atomic E-state index is 11.3. The molecule has 180 valence electrons. The molecule has 3 rings (SSSR count). The number of furan rings is 1. The molecule has 0 radical (unpaired) electrons. The highest BCUT2D eigenvalue weighted by molar-refractivity contribution is 5.68. The molecule has 2 aliphatic rings. The molecule has 1 aromatic heterocycles. The monoisotopic (exact) mass is 448 g/mol. The lowest BCUT2D eigenvalue weighted by molar-refractivity contribution is -0.188. The van der Waals surface area contributed by atoms with Gasteiger partial charge in [0.05, 0.1) is 19.3 Å². The summed E-state index contributed by atoms with van der Waals surface area (Å²) in [7, 11) is 1.42. The summed E-state index contributed by atoms with van der Waals surface area (Å²) in [5.41, 5.74) is 1.16. The second kappa shape index (κ2) is 13.2. The van der Waals surface area contributed by atoms with Gasteiger partial charge in [-0.1, -0.05) is 38.3 Å². The van der Waals surface area contributed by atoms with E-state index in [1.165, 1.54) is 7.11 Å². The highest BCUT2D eigenvalue weighted by atomic mass is 16.7. The van der Waals surface area contributed by atoms with Gasteiger partial charge in [-0.2, -0.15) is 0 Å². The molecule has 6 nitrogen and oxygen atoms in total. The van der Waals surface area contributed by atoms with E-state index in [1.807, 2.05) is 6.08 Å². The van der Waals surface area contributed by atoms with Crippen LogP contribution < -0.4 is 0 Å². The number of carbonyl (C=O) groups is 1. The Hall–Kier alpha value is -1.63. The SMILES string of the molecule is CCCCC[C@@H](O)/C=C/[C@@H]1c2cc(CCCCC(=O)OC)oc2C[C@H]1OC1CCCCO1. The summed E-state index contributed by atoms with van der Waals surface area (Å²) < 4.78 is 23.0. The number of esters is 1. The molecule has 6 heteroatoms. The molecular weight excluding hydrogens is 408 g/mol. The van der Waals surface area contributed by atoms with Crippen LogP contribution in [-0.2, 0) is 31.8 Å². The van der Waals surface area contributed by atoms with Crippen LogP contribution in [-0.4, -0.2) is 43.3 Å². The third kappa shape index (κ3) is 7.46. The minimum absolute atomic E-state index is 0.0284. The Labute approximate surface area is 192 Å². The molecule has 1 unspecified atom stereocenters. The Morgan fingerprint density at radius 3 is 2.91 bits per heavy atom. The lowest BCUT2D eigenvalue weighted by Gasteiger charge is -2.28. The number of hydrogen-bond acceptors (Lipinski definition) is 6. The van der Waals surface area contributed by atoms with Crippen molar-refractivity contribution in [3.63, 3.8) is 0 Å². The van der Waals surface area contributed by atoms with Gasteiger partial charge in [-0.25, -0.2) is 0 Å². The number of aliphatic hydroxyl groups is 1. The second-order valence-electron chi connectivity index (χ2n) is 9.02. The molecule has 0 spiro atoms. The third-order valence-electron chi connectivity index (χ3n) is 6.43. The van der Waals surface area contributed by atoms with Gasteiger partial charge in [-0.05, 0) is 44.6 Å². The summed E-state index contributed by atoms with van der Waals surface area (Å²) in [6.45, 7) is 2.93. The zero-order chi connectivity index (χ0) is 22.8. The Balaban J connectivity index is 1.62. The summed E-state index contributed by atoms with van der Waals surface area (Å²) in [6, 6.07) is 2.14. The predicted molar refractivity (Wildman–Crippen MR) is 122 cm³/mol. The van der Waals surface area contributed by atoms with Crippen molar-refractivity contribution in [3.8, 4) is 0 Å². The predicted octanol–water partition coefficient (Wildman–Crippen LogP) is 5.21. The van der Waals surface area contributed by atoms with Gasteiger partial charge < -0.3 is 23.7 Å². The van der Waals surface area contributed by atoms with Crippen LogP contribution in [0, 0.1) is 0 Å². The lowest BCUT2D eigenvalue weighted by Crippen LogP contribution is -2.30. The fraction of sp³-hybridized carbons (Fsp3) is 0.731. The van der Waals surface area contributed by atoms with E-state index in [1.54, 1.807) is 0 Å². The number of aliphatic hydroxyl groups excluding tert-OH is 1. The molecule has 1 aliphatic heterocycles. The zero-order valence-electron chi connectivity index (χ0n) is 19.7. The van der Waals surface area contributed by atoms with Crippen molar-refractivity contribution < 1.29 is 28.5 Å². The molecule has 1 saturated heterocycles. The number of ether oxygens (including phenoxy) is 3. The van der Waals surface area contributed by atoms with E-state index in [0.29, 0.717) is 6.42 Å². The average Bonchev–Trinajstić information content (AvgIpc) is 3.33. The van der Waals surface area contributed by atoms with Crippen molar-refractivity contribution in [3.05, 3.63) is 35.3 Å². The van der Waals surface area contributed by atoms with E-state index in [-0.39, 0.29) is 24.3 Å². The van der Waals surface area contributed by atoms with Crippen molar-refractivity contribution >= 4 is 5.97 Å². The number of carbonyl (C=O) groups excluding carboxylic acids is 1. The van der Waals surface area contributed by atoms with Crippen LogP contribution in [0.3, 0.4) is 0 Å². The van der Waals surface area contributed by atoms with Crippen LogP contribution in [0.2, 0.25) is 0 Å². The van der Waals surface area contributed by atoms with Crippen LogP contribution in [0.15, 0.2) is 22.6 Å². The summed E-state index contributed by atoms with van der Waals surface area (Å²) in [5, 5.41) is 10.4. The highest BCUT2D eigenvalue weighted by Crippen LogP contribution is 2.40. The number of methoxy groups -OCH3 is 1. The first-order chi connectivity index (χ1) is 15.6. The van der Waals surface area contributed by atoms with E-state index in [9.17, 15) is 9.90 Å². The molecule has 1 N–H and O–H groups in total. The number of hydrogen-bond donors (Lipinski definition) is 1. The number of fused-ring (bicyclic) bond motifs is 1. The summed E-state index contributed by atoms with van der Waals surface area (Å²) in [5.74, 6) is 1.82. The van der Waals surface area contributed by atoms with Crippen molar-refractivity contribution in [2.45, 2.75) is 108 Å². The van der Waals surface area contributed by atoms with Gasteiger partial charge in [0.15, 0.2) is 6.29 Å². The van der Waals surface area contributed by atoms with Crippen LogP contribution in [0.5, 0.6) is 0 Å². The maximum Gasteiger partial charge on any atom is 0.305 e. The molecule has 0 bridgehead atoms. The molecule has 1 aromatic rings. The fourth-order valence-electron chi connectivity index (χ4n) is 4.57. The van der Waals surface area contributed by atoms with Crippen molar-refractivity contribution in [1.82, 2.24) is 0 Å². The first-order valence-electron chi connectivity index (χ1n) is 12.4.